The average Bonchev–Trinajstić information content (AvgIpc) is 2.41. The summed E-state index contributed by atoms with van der Waals surface area (Å²) in [6, 6.07) is 9.95. The SMILES string of the molecule is C=C(C)[C@H]1CC(C#Cc2ccccc2)=C(C)[C@@H](O)C1. The predicted molar refractivity (Wildman–Crippen MR) is 79.6 cm³/mol. The van der Waals surface area contributed by atoms with Gasteiger partial charge >= 0.3 is 0 Å². The second kappa shape index (κ2) is 5.91. The summed E-state index contributed by atoms with van der Waals surface area (Å²) >= 11 is 0. The molecule has 0 aromatic heterocycles. The number of aliphatic hydroxyl groups is 1. The van der Waals surface area contributed by atoms with E-state index in [0.717, 1.165) is 35.1 Å². The summed E-state index contributed by atoms with van der Waals surface area (Å²) in [7, 11) is 0. The fourth-order valence-corrected chi connectivity index (χ4v) is 2.33. The maximum atomic E-state index is 10.1. The molecule has 0 radical (unpaired) electrons. The van der Waals surface area contributed by atoms with Crippen molar-refractivity contribution in [2.45, 2.75) is 32.8 Å². The molecule has 2 rings (SSSR count). The van der Waals surface area contributed by atoms with Crippen LogP contribution in [0.5, 0.6) is 0 Å². The Bertz CT molecular complexity index is 554. The quantitative estimate of drug-likeness (QED) is 0.597. The third kappa shape index (κ3) is 3.36. The largest absolute Gasteiger partial charge is 0.389 e. The number of hydrogen-bond donors (Lipinski definition) is 1. The fraction of sp³-hybridized carbons (Fsp3) is 0.333. The van der Waals surface area contributed by atoms with E-state index in [0.29, 0.717) is 5.92 Å². The van der Waals surface area contributed by atoms with E-state index < -0.39 is 0 Å². The molecule has 0 saturated carbocycles. The van der Waals surface area contributed by atoms with Gasteiger partial charge in [-0.05, 0) is 50.3 Å². The van der Waals surface area contributed by atoms with Gasteiger partial charge in [0.1, 0.15) is 0 Å². The highest BCUT2D eigenvalue weighted by atomic mass is 16.3. The van der Waals surface area contributed by atoms with Crippen molar-refractivity contribution in [2.75, 3.05) is 0 Å². The lowest BCUT2D eigenvalue weighted by Gasteiger charge is -2.28. The van der Waals surface area contributed by atoms with Crippen molar-refractivity contribution >= 4 is 0 Å². The molecule has 0 aliphatic heterocycles. The number of rotatable bonds is 1. The van der Waals surface area contributed by atoms with Gasteiger partial charge in [-0.1, -0.05) is 42.2 Å². The van der Waals surface area contributed by atoms with Crippen LogP contribution in [0.2, 0.25) is 0 Å². The Kier molecular flexibility index (Phi) is 4.24. The van der Waals surface area contributed by atoms with Crippen LogP contribution in [-0.2, 0) is 0 Å². The summed E-state index contributed by atoms with van der Waals surface area (Å²) in [5.41, 5.74) is 4.22. The van der Waals surface area contributed by atoms with Crippen molar-refractivity contribution in [3.8, 4) is 11.8 Å². The van der Waals surface area contributed by atoms with Crippen LogP contribution in [0.25, 0.3) is 0 Å². The summed E-state index contributed by atoms with van der Waals surface area (Å²) in [6.07, 6.45) is 1.30. The number of allylic oxidation sites excluding steroid dienone is 2. The molecule has 0 spiro atoms. The van der Waals surface area contributed by atoms with Crippen LogP contribution < -0.4 is 0 Å². The fourth-order valence-electron chi connectivity index (χ4n) is 2.33. The van der Waals surface area contributed by atoms with Crippen LogP contribution >= 0.6 is 0 Å². The zero-order chi connectivity index (χ0) is 13.8. The summed E-state index contributed by atoms with van der Waals surface area (Å²) in [6.45, 7) is 8.02. The van der Waals surface area contributed by atoms with E-state index in [2.05, 4.69) is 18.4 Å². The third-order valence-corrected chi connectivity index (χ3v) is 3.76. The molecule has 1 N–H and O–H groups in total. The van der Waals surface area contributed by atoms with E-state index in [4.69, 9.17) is 0 Å². The Morgan fingerprint density at radius 1 is 1.26 bits per heavy atom. The van der Waals surface area contributed by atoms with Crippen LogP contribution in [0.15, 0.2) is 53.6 Å². The third-order valence-electron chi connectivity index (χ3n) is 3.76. The lowest BCUT2D eigenvalue weighted by Crippen LogP contribution is -2.22. The van der Waals surface area contributed by atoms with Crippen LogP contribution in [-0.4, -0.2) is 11.2 Å². The highest BCUT2D eigenvalue weighted by Gasteiger charge is 2.25. The lowest BCUT2D eigenvalue weighted by molar-refractivity contribution is 0.172. The molecular formula is C18H20O. The molecule has 0 amide bonds. The maximum absolute atomic E-state index is 10.1. The van der Waals surface area contributed by atoms with Crippen LogP contribution in [0, 0.1) is 17.8 Å². The number of aliphatic hydroxyl groups excluding tert-OH is 1. The maximum Gasteiger partial charge on any atom is 0.0765 e. The molecule has 1 aliphatic rings. The lowest BCUT2D eigenvalue weighted by atomic mass is 9.79. The molecule has 98 valence electrons. The first-order valence-electron chi connectivity index (χ1n) is 6.68. The van der Waals surface area contributed by atoms with Gasteiger partial charge in [0, 0.05) is 11.1 Å². The smallest absolute Gasteiger partial charge is 0.0765 e. The monoisotopic (exact) mass is 252 g/mol. The van der Waals surface area contributed by atoms with E-state index in [1.807, 2.05) is 44.2 Å². The summed E-state index contributed by atoms with van der Waals surface area (Å²) in [4.78, 5) is 0. The molecule has 0 saturated heterocycles. The van der Waals surface area contributed by atoms with Crippen molar-refractivity contribution in [3.63, 3.8) is 0 Å². The standard InChI is InChI=1S/C18H20O/c1-13(2)17-11-16(14(3)18(19)12-17)10-9-15-7-5-4-6-8-15/h4-8,17-19H,1,11-12H2,2-3H3/t17-,18-/m0/s1. The van der Waals surface area contributed by atoms with Gasteiger partial charge in [-0.15, -0.1) is 0 Å². The Morgan fingerprint density at radius 2 is 1.95 bits per heavy atom. The van der Waals surface area contributed by atoms with Crippen molar-refractivity contribution in [1.82, 2.24) is 0 Å². The van der Waals surface area contributed by atoms with Crippen molar-refractivity contribution < 1.29 is 5.11 Å². The molecule has 0 unspecified atom stereocenters. The first kappa shape index (κ1) is 13.6. The van der Waals surface area contributed by atoms with E-state index in [1.54, 1.807) is 0 Å². The molecule has 1 aromatic carbocycles. The van der Waals surface area contributed by atoms with E-state index in [9.17, 15) is 5.11 Å². The van der Waals surface area contributed by atoms with Gasteiger partial charge in [0.25, 0.3) is 0 Å². The molecule has 1 heteroatoms. The number of hydrogen-bond acceptors (Lipinski definition) is 1. The highest BCUT2D eigenvalue weighted by molar-refractivity contribution is 5.44. The Labute approximate surface area is 115 Å². The van der Waals surface area contributed by atoms with Gasteiger partial charge in [-0.3, -0.25) is 0 Å². The minimum Gasteiger partial charge on any atom is -0.389 e. The normalized spacial score (nSPS) is 22.7. The Morgan fingerprint density at radius 3 is 2.58 bits per heavy atom. The molecule has 1 aromatic rings. The molecule has 0 bridgehead atoms. The Balaban J connectivity index is 2.25. The molecule has 2 atom stereocenters. The van der Waals surface area contributed by atoms with Gasteiger partial charge in [-0.25, -0.2) is 0 Å². The van der Waals surface area contributed by atoms with E-state index in [-0.39, 0.29) is 6.10 Å². The molecule has 0 heterocycles. The molecule has 0 fully saturated rings. The highest BCUT2D eigenvalue weighted by Crippen LogP contribution is 2.32. The van der Waals surface area contributed by atoms with Crippen molar-refractivity contribution in [1.29, 1.82) is 0 Å². The first-order chi connectivity index (χ1) is 9.08. The summed E-state index contributed by atoms with van der Waals surface area (Å²) in [5.74, 6) is 6.75. The van der Waals surface area contributed by atoms with Gasteiger partial charge in [0.15, 0.2) is 0 Å². The topological polar surface area (TPSA) is 20.2 Å². The zero-order valence-electron chi connectivity index (χ0n) is 11.6. The molecular weight excluding hydrogens is 232 g/mol. The van der Waals surface area contributed by atoms with Crippen molar-refractivity contribution in [3.05, 3.63) is 59.2 Å². The van der Waals surface area contributed by atoms with Gasteiger partial charge in [0.2, 0.25) is 0 Å². The Hall–Kier alpha value is -1.78. The second-order valence-electron chi connectivity index (χ2n) is 5.28. The molecule has 1 nitrogen and oxygen atoms in total. The predicted octanol–water partition coefficient (Wildman–Crippen LogP) is 3.70. The van der Waals surface area contributed by atoms with E-state index >= 15 is 0 Å². The van der Waals surface area contributed by atoms with Crippen LogP contribution in [0.4, 0.5) is 0 Å². The van der Waals surface area contributed by atoms with Gasteiger partial charge in [0.05, 0.1) is 6.10 Å². The van der Waals surface area contributed by atoms with Gasteiger partial charge < -0.3 is 5.11 Å². The minimum absolute atomic E-state index is 0.346. The van der Waals surface area contributed by atoms with Crippen LogP contribution in [0.1, 0.15) is 32.3 Å². The van der Waals surface area contributed by atoms with E-state index in [1.165, 1.54) is 0 Å². The zero-order valence-corrected chi connectivity index (χ0v) is 11.6. The molecule has 1 aliphatic carbocycles. The summed E-state index contributed by atoms with van der Waals surface area (Å²) in [5, 5.41) is 10.1. The summed E-state index contributed by atoms with van der Waals surface area (Å²) < 4.78 is 0. The second-order valence-corrected chi connectivity index (χ2v) is 5.28. The van der Waals surface area contributed by atoms with Gasteiger partial charge in [-0.2, -0.15) is 0 Å². The van der Waals surface area contributed by atoms with Crippen LogP contribution in [0.3, 0.4) is 0 Å². The van der Waals surface area contributed by atoms with Crippen molar-refractivity contribution in [2.24, 2.45) is 5.92 Å². The first-order valence-corrected chi connectivity index (χ1v) is 6.68. The minimum atomic E-state index is -0.379. The molecule has 19 heavy (non-hydrogen) atoms. The average molecular weight is 252 g/mol. The number of benzene rings is 1.